The van der Waals surface area contributed by atoms with Crippen LogP contribution in [0.1, 0.15) is 21.9 Å². The maximum absolute atomic E-state index is 11.6. The van der Waals surface area contributed by atoms with Gasteiger partial charge in [-0.15, -0.1) is 0 Å². The molecule has 0 aliphatic heterocycles. The largest absolute Gasteiger partial charge is 0.463 e. The maximum Gasteiger partial charge on any atom is 0.376 e. The molecule has 0 amide bonds. The van der Waals surface area contributed by atoms with E-state index in [1.165, 1.54) is 7.11 Å². The van der Waals surface area contributed by atoms with E-state index in [0.717, 1.165) is 5.69 Å². The number of nitriles is 1. The fourth-order valence-corrected chi connectivity index (χ4v) is 1.80. The summed E-state index contributed by atoms with van der Waals surface area (Å²) in [5.41, 5.74) is 2.10. The third-order valence-electron chi connectivity index (χ3n) is 2.94. The minimum absolute atomic E-state index is 0.0213. The molecule has 0 saturated heterocycles. The SMILES string of the molecule is COC(=O)c1nc(C)cc(N(C)c2ccc(C#N)cc2)n1. The first-order valence-electron chi connectivity index (χ1n) is 6.23. The molecule has 2 aromatic rings. The van der Waals surface area contributed by atoms with E-state index in [1.54, 1.807) is 25.1 Å². The second-order valence-electron chi connectivity index (χ2n) is 4.40. The molecule has 0 radical (unpaired) electrons. The Morgan fingerprint density at radius 1 is 1.29 bits per heavy atom. The molecule has 0 N–H and O–H groups in total. The number of benzene rings is 1. The van der Waals surface area contributed by atoms with Gasteiger partial charge in [0.1, 0.15) is 5.82 Å². The van der Waals surface area contributed by atoms with Gasteiger partial charge in [-0.3, -0.25) is 0 Å². The molecular weight excluding hydrogens is 268 g/mol. The molecule has 0 unspecified atom stereocenters. The Bertz CT molecular complexity index is 705. The van der Waals surface area contributed by atoms with Crippen molar-refractivity contribution >= 4 is 17.5 Å². The molecule has 0 fully saturated rings. The Kier molecular flexibility index (Phi) is 4.14. The van der Waals surface area contributed by atoms with Crippen molar-refractivity contribution < 1.29 is 9.53 Å². The lowest BCUT2D eigenvalue weighted by Gasteiger charge is -2.19. The van der Waals surface area contributed by atoms with Gasteiger partial charge < -0.3 is 9.64 Å². The lowest BCUT2D eigenvalue weighted by molar-refractivity contribution is 0.0586. The summed E-state index contributed by atoms with van der Waals surface area (Å²) in [5, 5.41) is 8.81. The summed E-state index contributed by atoms with van der Waals surface area (Å²) < 4.78 is 4.64. The topological polar surface area (TPSA) is 79.1 Å². The average molecular weight is 282 g/mol. The molecular formula is C15H14N4O2. The van der Waals surface area contributed by atoms with Gasteiger partial charge in [-0.1, -0.05) is 0 Å². The first-order valence-corrected chi connectivity index (χ1v) is 6.23. The van der Waals surface area contributed by atoms with Crippen molar-refractivity contribution in [1.29, 1.82) is 5.26 Å². The van der Waals surface area contributed by atoms with Crippen LogP contribution in [-0.4, -0.2) is 30.1 Å². The zero-order chi connectivity index (χ0) is 15.4. The van der Waals surface area contributed by atoms with Crippen molar-refractivity contribution in [3.63, 3.8) is 0 Å². The van der Waals surface area contributed by atoms with Gasteiger partial charge >= 0.3 is 5.97 Å². The van der Waals surface area contributed by atoms with E-state index in [1.807, 2.05) is 24.1 Å². The molecule has 0 atom stereocenters. The molecule has 0 aliphatic rings. The van der Waals surface area contributed by atoms with E-state index in [0.29, 0.717) is 17.1 Å². The molecule has 6 heteroatoms. The first-order chi connectivity index (χ1) is 10.0. The Hall–Kier alpha value is -2.94. The number of rotatable bonds is 3. The van der Waals surface area contributed by atoms with E-state index in [-0.39, 0.29) is 5.82 Å². The van der Waals surface area contributed by atoms with Gasteiger partial charge in [0.2, 0.25) is 5.82 Å². The van der Waals surface area contributed by atoms with Crippen molar-refractivity contribution in [3.05, 3.63) is 47.4 Å². The summed E-state index contributed by atoms with van der Waals surface area (Å²) in [4.78, 5) is 21.6. The van der Waals surface area contributed by atoms with Crippen molar-refractivity contribution in [2.45, 2.75) is 6.92 Å². The molecule has 1 aromatic carbocycles. The van der Waals surface area contributed by atoms with Crippen LogP contribution in [0.4, 0.5) is 11.5 Å². The first kappa shape index (κ1) is 14.5. The minimum Gasteiger partial charge on any atom is -0.463 e. The van der Waals surface area contributed by atoms with Crippen LogP contribution in [0.15, 0.2) is 30.3 Å². The number of esters is 1. The van der Waals surface area contributed by atoms with Crippen LogP contribution >= 0.6 is 0 Å². The lowest BCUT2D eigenvalue weighted by Crippen LogP contribution is -2.16. The number of carbonyl (C=O) groups is 1. The van der Waals surface area contributed by atoms with Crippen LogP contribution in [0.2, 0.25) is 0 Å². The number of aromatic nitrogens is 2. The Morgan fingerprint density at radius 2 is 1.95 bits per heavy atom. The summed E-state index contributed by atoms with van der Waals surface area (Å²) in [7, 11) is 3.11. The van der Waals surface area contributed by atoms with Gasteiger partial charge in [0.25, 0.3) is 0 Å². The normalized spacial score (nSPS) is 9.81. The van der Waals surface area contributed by atoms with E-state index in [2.05, 4.69) is 20.8 Å². The molecule has 1 aromatic heterocycles. The molecule has 6 nitrogen and oxygen atoms in total. The number of carbonyl (C=O) groups excluding carboxylic acids is 1. The number of methoxy groups -OCH3 is 1. The standard InChI is InChI=1S/C15H14N4O2/c1-10-8-13(18-14(17-10)15(20)21-3)19(2)12-6-4-11(9-16)5-7-12/h4-8H,1-3H3. The van der Waals surface area contributed by atoms with Crippen molar-refractivity contribution in [2.75, 3.05) is 19.1 Å². The number of aryl methyl sites for hydroxylation is 1. The molecule has 21 heavy (non-hydrogen) atoms. The summed E-state index contributed by atoms with van der Waals surface area (Å²) in [5.74, 6) is 0.0220. The highest BCUT2D eigenvalue weighted by Gasteiger charge is 2.14. The second kappa shape index (κ2) is 6.01. The van der Waals surface area contributed by atoms with Gasteiger partial charge in [-0.25, -0.2) is 14.8 Å². The highest BCUT2D eigenvalue weighted by Crippen LogP contribution is 2.22. The molecule has 2 rings (SSSR count). The number of nitrogens with zero attached hydrogens (tertiary/aromatic N) is 4. The van der Waals surface area contributed by atoms with Crippen LogP contribution in [0.5, 0.6) is 0 Å². The van der Waals surface area contributed by atoms with E-state index in [9.17, 15) is 4.79 Å². The summed E-state index contributed by atoms with van der Waals surface area (Å²) in [6.07, 6.45) is 0. The summed E-state index contributed by atoms with van der Waals surface area (Å²) in [6, 6.07) is 10.9. The second-order valence-corrected chi connectivity index (χ2v) is 4.40. The van der Waals surface area contributed by atoms with Gasteiger partial charge in [0.05, 0.1) is 18.7 Å². The van der Waals surface area contributed by atoms with Crippen LogP contribution in [-0.2, 0) is 4.74 Å². The van der Waals surface area contributed by atoms with Crippen molar-refractivity contribution in [3.8, 4) is 6.07 Å². The molecule has 1 heterocycles. The highest BCUT2D eigenvalue weighted by molar-refractivity contribution is 5.85. The van der Waals surface area contributed by atoms with E-state index >= 15 is 0 Å². The molecule has 0 spiro atoms. The summed E-state index contributed by atoms with van der Waals surface area (Å²) in [6.45, 7) is 1.78. The van der Waals surface area contributed by atoms with Gasteiger partial charge in [0.15, 0.2) is 0 Å². The van der Waals surface area contributed by atoms with Gasteiger partial charge in [-0.05, 0) is 31.2 Å². The zero-order valence-corrected chi connectivity index (χ0v) is 12.0. The number of ether oxygens (including phenoxy) is 1. The molecule has 0 bridgehead atoms. The van der Waals surface area contributed by atoms with E-state index < -0.39 is 5.97 Å². The van der Waals surface area contributed by atoms with Crippen LogP contribution in [0.25, 0.3) is 0 Å². The third-order valence-corrected chi connectivity index (χ3v) is 2.94. The minimum atomic E-state index is -0.576. The monoisotopic (exact) mass is 282 g/mol. The number of anilines is 2. The molecule has 0 aliphatic carbocycles. The fourth-order valence-electron chi connectivity index (χ4n) is 1.80. The molecule has 0 saturated carbocycles. The third kappa shape index (κ3) is 3.15. The van der Waals surface area contributed by atoms with Crippen LogP contribution in [0, 0.1) is 18.3 Å². The number of hydrogen-bond acceptors (Lipinski definition) is 6. The number of hydrogen-bond donors (Lipinski definition) is 0. The average Bonchev–Trinajstić information content (AvgIpc) is 2.52. The van der Waals surface area contributed by atoms with Gasteiger partial charge in [-0.2, -0.15) is 5.26 Å². The van der Waals surface area contributed by atoms with Crippen LogP contribution in [0.3, 0.4) is 0 Å². The molecule has 106 valence electrons. The smallest absolute Gasteiger partial charge is 0.376 e. The van der Waals surface area contributed by atoms with Crippen molar-refractivity contribution in [1.82, 2.24) is 9.97 Å². The fraction of sp³-hybridized carbons (Fsp3) is 0.200. The summed E-state index contributed by atoms with van der Waals surface area (Å²) >= 11 is 0. The van der Waals surface area contributed by atoms with Gasteiger partial charge in [0, 0.05) is 24.5 Å². The Labute approximate surface area is 122 Å². The highest BCUT2D eigenvalue weighted by atomic mass is 16.5. The Morgan fingerprint density at radius 3 is 2.52 bits per heavy atom. The van der Waals surface area contributed by atoms with E-state index in [4.69, 9.17) is 5.26 Å². The predicted octanol–water partition coefficient (Wildman–Crippen LogP) is 2.21. The predicted molar refractivity (Wildman–Crippen MR) is 77.3 cm³/mol. The van der Waals surface area contributed by atoms with Crippen LogP contribution < -0.4 is 4.90 Å². The van der Waals surface area contributed by atoms with Crippen molar-refractivity contribution in [2.24, 2.45) is 0 Å². The quantitative estimate of drug-likeness (QED) is 0.803. The lowest BCUT2D eigenvalue weighted by atomic mass is 10.2. The zero-order valence-electron chi connectivity index (χ0n) is 12.0. The Balaban J connectivity index is 2.38. The maximum atomic E-state index is 11.6.